The largest absolute Gasteiger partial charge is 0.392 e. The summed E-state index contributed by atoms with van der Waals surface area (Å²) in [7, 11) is -2.01. The molecule has 0 radical (unpaired) electrons. The molecule has 0 aliphatic rings. The van der Waals surface area contributed by atoms with E-state index in [1.807, 2.05) is 6.92 Å². The zero-order chi connectivity index (χ0) is 13.9. The third-order valence-electron chi connectivity index (χ3n) is 2.83. The van der Waals surface area contributed by atoms with Gasteiger partial charge in [-0.15, -0.1) is 0 Å². The Bertz CT molecular complexity index is 528. The van der Waals surface area contributed by atoms with Crippen LogP contribution in [0.2, 0.25) is 5.02 Å². The molecule has 0 atom stereocenters. The van der Waals surface area contributed by atoms with E-state index in [9.17, 15) is 13.5 Å². The molecule has 1 aromatic rings. The molecule has 1 N–H and O–H groups in total. The molecule has 18 heavy (non-hydrogen) atoms. The number of halogens is 1. The Morgan fingerprint density at radius 3 is 2.50 bits per heavy atom. The van der Waals surface area contributed by atoms with Gasteiger partial charge in [-0.25, -0.2) is 12.7 Å². The Hall–Kier alpha value is -0.620. The van der Waals surface area contributed by atoms with Gasteiger partial charge in [0.2, 0.25) is 10.0 Å². The SMILES string of the molecule is CCCN(C)S(=O)(=O)c1cc(Cl)cc(CO)c1C. The molecule has 0 spiro atoms. The van der Waals surface area contributed by atoms with Crippen molar-refractivity contribution >= 4 is 21.6 Å². The van der Waals surface area contributed by atoms with Crippen LogP contribution in [-0.4, -0.2) is 31.4 Å². The zero-order valence-electron chi connectivity index (χ0n) is 10.8. The third-order valence-corrected chi connectivity index (χ3v) is 5.03. The summed E-state index contributed by atoms with van der Waals surface area (Å²) in [6.07, 6.45) is 0.738. The third kappa shape index (κ3) is 3.03. The topological polar surface area (TPSA) is 57.6 Å². The summed E-state index contributed by atoms with van der Waals surface area (Å²) in [6, 6.07) is 3.01. The van der Waals surface area contributed by atoms with Crippen LogP contribution in [0.4, 0.5) is 0 Å². The highest BCUT2D eigenvalue weighted by Gasteiger charge is 2.23. The van der Waals surface area contributed by atoms with Crippen LogP contribution < -0.4 is 0 Å². The Kier molecular flexibility index (Phi) is 5.16. The lowest BCUT2D eigenvalue weighted by molar-refractivity contribution is 0.280. The standard InChI is InChI=1S/C12H18ClNO3S/c1-4-5-14(3)18(16,17)12-7-11(13)6-10(8-15)9(12)2/h6-7,15H,4-5,8H2,1-3H3. The maximum Gasteiger partial charge on any atom is 0.243 e. The molecule has 0 aliphatic heterocycles. The van der Waals surface area contributed by atoms with Crippen molar-refractivity contribution in [3.63, 3.8) is 0 Å². The maximum absolute atomic E-state index is 12.3. The summed E-state index contributed by atoms with van der Waals surface area (Å²) >= 11 is 5.89. The number of aliphatic hydroxyl groups excluding tert-OH is 1. The lowest BCUT2D eigenvalue weighted by Crippen LogP contribution is -2.28. The van der Waals surface area contributed by atoms with Gasteiger partial charge in [0, 0.05) is 18.6 Å². The minimum Gasteiger partial charge on any atom is -0.392 e. The number of sulfonamides is 1. The van der Waals surface area contributed by atoms with Crippen molar-refractivity contribution in [1.29, 1.82) is 0 Å². The van der Waals surface area contributed by atoms with Crippen LogP contribution in [-0.2, 0) is 16.6 Å². The van der Waals surface area contributed by atoms with Gasteiger partial charge in [0.05, 0.1) is 11.5 Å². The van der Waals surface area contributed by atoms with E-state index < -0.39 is 10.0 Å². The van der Waals surface area contributed by atoms with Gasteiger partial charge in [0.1, 0.15) is 0 Å². The van der Waals surface area contributed by atoms with Crippen molar-refractivity contribution < 1.29 is 13.5 Å². The highest BCUT2D eigenvalue weighted by Crippen LogP contribution is 2.26. The van der Waals surface area contributed by atoms with Crippen molar-refractivity contribution in [3.8, 4) is 0 Å². The highest BCUT2D eigenvalue weighted by molar-refractivity contribution is 7.89. The molecule has 0 saturated heterocycles. The predicted octanol–water partition coefficient (Wildman–Crippen LogP) is 2.17. The van der Waals surface area contributed by atoms with E-state index in [0.29, 0.717) is 22.7 Å². The van der Waals surface area contributed by atoms with Gasteiger partial charge in [-0.3, -0.25) is 0 Å². The van der Waals surface area contributed by atoms with Gasteiger partial charge in [0.15, 0.2) is 0 Å². The molecule has 0 aliphatic carbocycles. The summed E-state index contributed by atoms with van der Waals surface area (Å²) in [4.78, 5) is 0.162. The molecule has 0 heterocycles. The highest BCUT2D eigenvalue weighted by atomic mass is 35.5. The van der Waals surface area contributed by atoms with E-state index in [-0.39, 0.29) is 11.5 Å². The Morgan fingerprint density at radius 1 is 1.39 bits per heavy atom. The molecule has 0 saturated carbocycles. The fourth-order valence-electron chi connectivity index (χ4n) is 1.74. The van der Waals surface area contributed by atoms with Crippen LogP contribution in [0.5, 0.6) is 0 Å². The summed E-state index contributed by atoms with van der Waals surface area (Å²) in [5.41, 5.74) is 1.08. The second kappa shape index (κ2) is 6.02. The summed E-state index contributed by atoms with van der Waals surface area (Å²) < 4.78 is 26.0. The van der Waals surface area contributed by atoms with E-state index in [2.05, 4.69) is 0 Å². The van der Waals surface area contributed by atoms with Crippen molar-refractivity contribution in [3.05, 3.63) is 28.3 Å². The molecule has 0 fully saturated rings. The van der Waals surface area contributed by atoms with E-state index in [1.54, 1.807) is 13.0 Å². The van der Waals surface area contributed by atoms with Crippen LogP contribution in [0.25, 0.3) is 0 Å². The molecule has 1 aromatic carbocycles. The Labute approximate surface area is 113 Å². The smallest absolute Gasteiger partial charge is 0.243 e. The van der Waals surface area contributed by atoms with Crippen LogP contribution in [0.15, 0.2) is 17.0 Å². The Morgan fingerprint density at radius 2 is 2.00 bits per heavy atom. The monoisotopic (exact) mass is 291 g/mol. The number of rotatable bonds is 5. The quantitative estimate of drug-likeness (QED) is 0.904. The molecule has 4 nitrogen and oxygen atoms in total. The number of benzene rings is 1. The molecule has 0 unspecified atom stereocenters. The second-order valence-electron chi connectivity index (χ2n) is 4.17. The van der Waals surface area contributed by atoms with E-state index >= 15 is 0 Å². The predicted molar refractivity (Wildman–Crippen MR) is 72.2 cm³/mol. The zero-order valence-corrected chi connectivity index (χ0v) is 12.3. The van der Waals surface area contributed by atoms with Crippen LogP contribution >= 0.6 is 11.6 Å². The number of aliphatic hydroxyl groups is 1. The van der Waals surface area contributed by atoms with Gasteiger partial charge in [-0.2, -0.15) is 0 Å². The minimum atomic E-state index is -3.55. The molecule has 102 valence electrons. The number of nitrogens with zero attached hydrogens (tertiary/aromatic N) is 1. The molecule has 0 bridgehead atoms. The van der Waals surface area contributed by atoms with Crippen molar-refractivity contribution in [1.82, 2.24) is 4.31 Å². The second-order valence-corrected chi connectivity index (χ2v) is 6.62. The Balaban J connectivity index is 3.37. The normalized spacial score (nSPS) is 12.1. The first-order chi connectivity index (χ1) is 8.34. The van der Waals surface area contributed by atoms with Crippen molar-refractivity contribution in [2.75, 3.05) is 13.6 Å². The number of hydrogen-bond acceptors (Lipinski definition) is 3. The van der Waals surface area contributed by atoms with Crippen LogP contribution in [0.3, 0.4) is 0 Å². The van der Waals surface area contributed by atoms with Gasteiger partial charge >= 0.3 is 0 Å². The molecule has 1 rings (SSSR count). The average Bonchev–Trinajstić information content (AvgIpc) is 2.31. The number of hydrogen-bond donors (Lipinski definition) is 1. The fraction of sp³-hybridized carbons (Fsp3) is 0.500. The minimum absolute atomic E-state index is 0.162. The van der Waals surface area contributed by atoms with Crippen LogP contribution in [0, 0.1) is 6.92 Å². The van der Waals surface area contributed by atoms with Crippen LogP contribution in [0.1, 0.15) is 24.5 Å². The lowest BCUT2D eigenvalue weighted by Gasteiger charge is -2.19. The lowest BCUT2D eigenvalue weighted by atomic mass is 10.1. The summed E-state index contributed by atoms with van der Waals surface area (Å²) in [5.74, 6) is 0. The molecular formula is C12H18ClNO3S. The molecule has 0 aromatic heterocycles. The fourth-order valence-corrected chi connectivity index (χ4v) is 3.60. The first-order valence-corrected chi connectivity index (χ1v) is 7.52. The summed E-state index contributed by atoms with van der Waals surface area (Å²) in [5, 5.41) is 9.52. The molecule has 6 heteroatoms. The maximum atomic E-state index is 12.3. The molecule has 0 amide bonds. The van der Waals surface area contributed by atoms with E-state index in [4.69, 9.17) is 11.6 Å². The van der Waals surface area contributed by atoms with Crippen molar-refractivity contribution in [2.24, 2.45) is 0 Å². The van der Waals surface area contributed by atoms with E-state index in [0.717, 1.165) is 6.42 Å². The summed E-state index contributed by atoms with van der Waals surface area (Å²) in [6.45, 7) is 3.81. The average molecular weight is 292 g/mol. The van der Waals surface area contributed by atoms with Gasteiger partial charge in [-0.1, -0.05) is 18.5 Å². The first kappa shape index (κ1) is 15.4. The van der Waals surface area contributed by atoms with Gasteiger partial charge in [0.25, 0.3) is 0 Å². The first-order valence-electron chi connectivity index (χ1n) is 5.70. The van der Waals surface area contributed by atoms with Crippen molar-refractivity contribution in [2.45, 2.75) is 31.8 Å². The van der Waals surface area contributed by atoms with Gasteiger partial charge in [-0.05, 0) is 36.6 Å². The van der Waals surface area contributed by atoms with Gasteiger partial charge < -0.3 is 5.11 Å². The molecular weight excluding hydrogens is 274 g/mol. The van der Waals surface area contributed by atoms with E-state index in [1.165, 1.54) is 17.4 Å².